The minimum absolute atomic E-state index is 0. The van der Waals surface area contributed by atoms with Crippen molar-refractivity contribution in [1.82, 2.24) is 0 Å². The van der Waals surface area contributed by atoms with Crippen LogP contribution in [0, 0.1) is 20.8 Å². The SMILES string of the molecule is CCCCC[c-]1ccc(CC)c1[SiH2]c1c(C)cc(C)cc1C.[Cl-].[Cl-].[Cl-].[Ti+4]. The van der Waals surface area contributed by atoms with Gasteiger partial charge in [0.1, 0.15) is 0 Å². The van der Waals surface area contributed by atoms with Gasteiger partial charge in [0, 0.05) is 0 Å². The van der Waals surface area contributed by atoms with Crippen LogP contribution >= 0.6 is 0 Å². The first-order chi connectivity index (χ1) is 10.6. The third-order valence-corrected chi connectivity index (χ3v) is 7.62. The molecule has 0 aliphatic rings. The maximum Gasteiger partial charge on any atom is 4.00 e. The van der Waals surface area contributed by atoms with Crippen LogP contribution in [0.4, 0.5) is 0 Å². The van der Waals surface area contributed by atoms with E-state index in [1.807, 2.05) is 0 Å². The molecule has 0 heterocycles. The fourth-order valence-electron chi connectivity index (χ4n) is 3.63. The van der Waals surface area contributed by atoms with Crippen LogP contribution in [0.1, 0.15) is 60.9 Å². The second kappa shape index (κ2) is 15.3. The largest absolute Gasteiger partial charge is 4.00 e. The van der Waals surface area contributed by atoms with E-state index in [1.54, 1.807) is 21.5 Å². The fraction of sp³-hybridized carbons (Fsp3) is 0.476. The Hall–Kier alpha value is 0.371. The number of halogens is 3. The van der Waals surface area contributed by atoms with Gasteiger partial charge in [-0.15, -0.1) is 0 Å². The van der Waals surface area contributed by atoms with Gasteiger partial charge in [-0.2, -0.15) is 22.4 Å². The van der Waals surface area contributed by atoms with Crippen molar-refractivity contribution in [1.29, 1.82) is 0 Å². The van der Waals surface area contributed by atoms with E-state index in [1.165, 1.54) is 48.8 Å². The van der Waals surface area contributed by atoms with Crippen molar-refractivity contribution in [2.24, 2.45) is 0 Å². The zero-order valence-electron chi connectivity index (χ0n) is 16.7. The van der Waals surface area contributed by atoms with Crippen molar-refractivity contribution in [2.75, 3.05) is 0 Å². The molecule has 0 atom stereocenters. The molecule has 0 unspecified atom stereocenters. The van der Waals surface area contributed by atoms with Gasteiger partial charge in [-0.3, -0.25) is 0 Å². The molecule has 0 N–H and O–H groups in total. The summed E-state index contributed by atoms with van der Waals surface area (Å²) in [7, 11) is -0.369. The molecular formula is C21H31Cl3SiTi. The van der Waals surface area contributed by atoms with Crippen molar-refractivity contribution in [3.05, 3.63) is 52.1 Å². The van der Waals surface area contributed by atoms with Crippen LogP contribution < -0.4 is 47.6 Å². The standard InChI is InChI=1S/C21H31Si.3ClH.Ti/c1-6-8-9-10-19-12-11-18(7-2)21(19)22-20-16(4)13-15(3)14-17(20)5;;;;/h11-14H,6-10,22H2,1-5H3;3*1H;/q-1;;;;+4/p-3. The second-order valence-corrected chi connectivity index (χ2v) is 8.49. The van der Waals surface area contributed by atoms with Crippen molar-refractivity contribution in [2.45, 2.75) is 66.7 Å². The number of aryl methyl sites for hydroxylation is 5. The summed E-state index contributed by atoms with van der Waals surface area (Å²) in [6, 6.07) is 9.53. The summed E-state index contributed by atoms with van der Waals surface area (Å²) >= 11 is 0. The normalized spacial score (nSPS) is 9.88. The number of unbranched alkanes of at least 4 members (excludes halogenated alkanes) is 2. The Kier molecular flexibility index (Phi) is 18.3. The zero-order chi connectivity index (χ0) is 16.1. The van der Waals surface area contributed by atoms with E-state index in [2.05, 4.69) is 58.9 Å². The van der Waals surface area contributed by atoms with Crippen molar-refractivity contribution < 1.29 is 58.9 Å². The van der Waals surface area contributed by atoms with E-state index in [9.17, 15) is 0 Å². The van der Waals surface area contributed by atoms with Crippen LogP contribution in [-0.2, 0) is 34.6 Å². The predicted octanol–water partition coefficient (Wildman–Crippen LogP) is -5.25. The quantitative estimate of drug-likeness (QED) is 0.218. The molecule has 26 heavy (non-hydrogen) atoms. The van der Waals surface area contributed by atoms with Gasteiger partial charge in [-0.25, -0.2) is 6.07 Å². The molecule has 0 nitrogen and oxygen atoms in total. The molecule has 0 saturated heterocycles. The smallest absolute Gasteiger partial charge is 1.00 e. The van der Waals surface area contributed by atoms with Crippen LogP contribution in [0.2, 0.25) is 0 Å². The summed E-state index contributed by atoms with van der Waals surface area (Å²) < 4.78 is 0. The van der Waals surface area contributed by atoms with Crippen LogP contribution in [0.15, 0.2) is 24.3 Å². The third-order valence-electron chi connectivity index (χ3n) is 4.89. The third kappa shape index (κ3) is 8.17. The summed E-state index contributed by atoms with van der Waals surface area (Å²) in [5.41, 5.74) is 7.67. The van der Waals surface area contributed by atoms with E-state index in [0.29, 0.717) is 0 Å². The fourth-order valence-corrected chi connectivity index (χ4v) is 5.86. The molecule has 2 rings (SSSR count). The minimum atomic E-state index is -0.369. The first-order valence-electron chi connectivity index (χ1n) is 8.89. The molecule has 2 aromatic carbocycles. The zero-order valence-corrected chi connectivity index (χ0v) is 21.9. The Balaban J connectivity index is -0.00000132. The molecule has 5 heteroatoms. The molecule has 0 spiro atoms. The Morgan fingerprint density at radius 3 is 2.00 bits per heavy atom. The van der Waals surface area contributed by atoms with E-state index in [4.69, 9.17) is 0 Å². The van der Waals surface area contributed by atoms with Gasteiger partial charge in [0.25, 0.3) is 0 Å². The van der Waals surface area contributed by atoms with Crippen molar-refractivity contribution >= 4 is 19.9 Å². The van der Waals surface area contributed by atoms with Gasteiger partial charge in [0.05, 0.1) is 9.52 Å². The van der Waals surface area contributed by atoms with E-state index in [0.717, 1.165) is 0 Å². The Morgan fingerprint density at radius 2 is 1.50 bits per heavy atom. The minimum Gasteiger partial charge on any atom is -1.00 e. The first-order valence-corrected chi connectivity index (χ1v) is 10.3. The molecule has 0 radical (unpaired) electrons. The molecular weight excluding hydrogens is 435 g/mol. The maximum atomic E-state index is 2.41. The summed E-state index contributed by atoms with van der Waals surface area (Å²) in [6.45, 7) is 11.4. The molecule has 0 bridgehead atoms. The Morgan fingerprint density at radius 1 is 0.923 bits per heavy atom. The second-order valence-electron chi connectivity index (χ2n) is 6.73. The maximum absolute atomic E-state index is 2.41. The molecule has 2 aromatic rings. The summed E-state index contributed by atoms with van der Waals surface area (Å²) in [4.78, 5) is 0. The number of hydrogen-bond donors (Lipinski definition) is 0. The van der Waals surface area contributed by atoms with Crippen LogP contribution in [-0.4, -0.2) is 9.52 Å². The van der Waals surface area contributed by atoms with Gasteiger partial charge >= 0.3 is 21.7 Å². The number of rotatable bonds is 7. The monoisotopic (exact) mass is 464 g/mol. The Bertz CT molecular complexity index is 615. The van der Waals surface area contributed by atoms with Crippen molar-refractivity contribution in [3.8, 4) is 0 Å². The van der Waals surface area contributed by atoms with E-state index >= 15 is 0 Å². The predicted molar refractivity (Wildman–Crippen MR) is 103 cm³/mol. The van der Waals surface area contributed by atoms with Gasteiger partial charge < -0.3 is 37.2 Å². The average Bonchev–Trinajstić information content (AvgIpc) is 2.85. The molecule has 0 saturated carbocycles. The van der Waals surface area contributed by atoms with Gasteiger partial charge in [-0.05, 0) is 20.8 Å². The first kappa shape index (κ1) is 31.1. The van der Waals surface area contributed by atoms with Crippen LogP contribution in [0.5, 0.6) is 0 Å². The average molecular weight is 466 g/mol. The van der Waals surface area contributed by atoms with Crippen molar-refractivity contribution in [3.63, 3.8) is 0 Å². The molecule has 0 aliphatic heterocycles. The van der Waals surface area contributed by atoms with Gasteiger partial charge in [0.15, 0.2) is 0 Å². The Labute approximate surface area is 196 Å². The molecule has 0 aromatic heterocycles. The topological polar surface area (TPSA) is 0 Å². The summed E-state index contributed by atoms with van der Waals surface area (Å²) in [5.74, 6) is 0. The number of benzene rings is 1. The van der Waals surface area contributed by atoms with Gasteiger partial charge in [-0.1, -0.05) is 80.0 Å². The molecule has 0 amide bonds. The summed E-state index contributed by atoms with van der Waals surface area (Å²) in [5, 5.41) is 3.41. The summed E-state index contributed by atoms with van der Waals surface area (Å²) in [6.07, 6.45) is 6.47. The van der Waals surface area contributed by atoms with E-state index in [-0.39, 0.29) is 68.5 Å². The van der Waals surface area contributed by atoms with Crippen LogP contribution in [0.3, 0.4) is 0 Å². The van der Waals surface area contributed by atoms with Crippen LogP contribution in [0.25, 0.3) is 0 Å². The van der Waals surface area contributed by atoms with Gasteiger partial charge in [0.2, 0.25) is 0 Å². The van der Waals surface area contributed by atoms with E-state index < -0.39 is 0 Å². The molecule has 0 fully saturated rings. The molecule has 144 valence electrons. The molecule has 0 aliphatic carbocycles. The number of hydrogen-bond acceptors (Lipinski definition) is 0.